The molecule has 0 saturated carbocycles. The SMILES string of the molecule is CCCCCCCCN(CCCCCCCC)P(=O)(c1ccccc1)N(CCCCCCCC)CCCCCCCC. The average Bonchev–Trinajstić information content (AvgIpc) is 3.01. The molecule has 1 aromatic rings. The Hall–Kier alpha value is -0.630. The Balaban J connectivity index is 3.15. The highest BCUT2D eigenvalue weighted by Gasteiger charge is 2.38. The molecule has 3 nitrogen and oxygen atoms in total. The second-order valence-electron chi connectivity index (χ2n) is 12.9. The first-order chi connectivity index (χ1) is 20.6. The van der Waals surface area contributed by atoms with Crippen LogP contribution in [-0.2, 0) is 4.57 Å². The van der Waals surface area contributed by atoms with Gasteiger partial charge < -0.3 is 0 Å². The van der Waals surface area contributed by atoms with E-state index in [2.05, 4.69) is 67.4 Å². The summed E-state index contributed by atoms with van der Waals surface area (Å²) in [6.07, 6.45) is 30.8. The van der Waals surface area contributed by atoms with Crippen LogP contribution in [0.3, 0.4) is 0 Å². The summed E-state index contributed by atoms with van der Waals surface area (Å²) in [7, 11) is -2.87. The van der Waals surface area contributed by atoms with Crippen LogP contribution in [0, 0.1) is 0 Å². The Bertz CT molecular complexity index is 668. The molecule has 0 atom stereocenters. The molecule has 0 unspecified atom stereocenters. The quantitative estimate of drug-likeness (QED) is 0.0622. The van der Waals surface area contributed by atoms with E-state index < -0.39 is 7.44 Å². The molecule has 1 aromatic carbocycles. The van der Waals surface area contributed by atoms with E-state index in [9.17, 15) is 0 Å². The number of hydrogen-bond acceptors (Lipinski definition) is 1. The first-order valence-corrected chi connectivity index (χ1v) is 20.4. The molecule has 246 valence electrons. The van der Waals surface area contributed by atoms with E-state index >= 15 is 4.57 Å². The van der Waals surface area contributed by atoms with Crippen molar-refractivity contribution in [2.45, 2.75) is 182 Å². The Morgan fingerprint density at radius 3 is 0.952 bits per heavy atom. The summed E-state index contributed by atoms with van der Waals surface area (Å²) in [5, 5.41) is 1.07. The zero-order valence-corrected chi connectivity index (χ0v) is 29.8. The lowest BCUT2D eigenvalue weighted by Crippen LogP contribution is -2.39. The molecule has 0 aliphatic rings. The smallest absolute Gasteiger partial charge is 0.245 e. The predicted molar refractivity (Wildman–Crippen MR) is 190 cm³/mol. The standard InChI is InChI=1S/C38H73N2OP/c1-5-9-13-17-21-28-34-39(35-29-22-18-14-10-6-2)42(41,38-32-26-25-27-33-38)40(36-30-23-19-15-11-7-3)37-31-24-20-16-12-8-4/h25-27,32-33H,5-24,28-31,34-37H2,1-4H3. The van der Waals surface area contributed by atoms with Crippen molar-refractivity contribution in [2.24, 2.45) is 0 Å². The maximum Gasteiger partial charge on any atom is 0.245 e. The minimum Gasteiger partial charge on any atom is -0.284 e. The minimum absolute atomic E-state index is 0.969. The van der Waals surface area contributed by atoms with Crippen LogP contribution in [0.1, 0.15) is 182 Å². The first kappa shape index (κ1) is 39.4. The maximum atomic E-state index is 15.7. The number of hydrogen-bond donors (Lipinski definition) is 0. The summed E-state index contributed by atoms with van der Waals surface area (Å²) in [4.78, 5) is 0. The largest absolute Gasteiger partial charge is 0.284 e. The van der Waals surface area contributed by atoms with Gasteiger partial charge in [0.2, 0.25) is 7.44 Å². The van der Waals surface area contributed by atoms with Crippen molar-refractivity contribution >= 4 is 12.7 Å². The molecule has 0 aliphatic carbocycles. The van der Waals surface area contributed by atoms with Crippen LogP contribution in [0.2, 0.25) is 0 Å². The van der Waals surface area contributed by atoms with E-state index in [1.54, 1.807) is 0 Å². The van der Waals surface area contributed by atoms with Gasteiger partial charge in [0, 0.05) is 31.5 Å². The molecule has 0 radical (unpaired) electrons. The molecule has 0 aromatic heterocycles. The van der Waals surface area contributed by atoms with Gasteiger partial charge in [0.15, 0.2) is 0 Å². The number of rotatable bonds is 31. The van der Waals surface area contributed by atoms with Gasteiger partial charge in [-0.1, -0.05) is 174 Å². The van der Waals surface area contributed by atoms with Gasteiger partial charge in [-0.3, -0.25) is 4.57 Å². The average molecular weight is 605 g/mol. The molecule has 0 N–H and O–H groups in total. The lowest BCUT2D eigenvalue weighted by Gasteiger charge is -2.40. The highest BCUT2D eigenvalue weighted by molar-refractivity contribution is 7.67. The molecule has 0 spiro atoms. The Morgan fingerprint density at radius 1 is 0.405 bits per heavy atom. The van der Waals surface area contributed by atoms with Gasteiger partial charge in [-0.25, -0.2) is 9.34 Å². The van der Waals surface area contributed by atoms with E-state index in [1.807, 2.05) is 0 Å². The van der Waals surface area contributed by atoms with E-state index in [0.717, 1.165) is 57.2 Å². The molecule has 4 heteroatoms. The number of unbranched alkanes of at least 4 members (excludes halogenated alkanes) is 20. The fourth-order valence-electron chi connectivity index (χ4n) is 6.19. The summed E-state index contributed by atoms with van der Waals surface area (Å²) in [5.74, 6) is 0. The topological polar surface area (TPSA) is 23.6 Å². The van der Waals surface area contributed by atoms with E-state index in [-0.39, 0.29) is 0 Å². The summed E-state index contributed by atoms with van der Waals surface area (Å²) < 4.78 is 20.7. The summed E-state index contributed by atoms with van der Waals surface area (Å²) in [5.41, 5.74) is 0. The van der Waals surface area contributed by atoms with Crippen molar-refractivity contribution in [3.05, 3.63) is 30.3 Å². The molecule has 0 aliphatic heterocycles. The first-order valence-electron chi connectivity index (χ1n) is 18.8. The lowest BCUT2D eigenvalue weighted by molar-refractivity contribution is 0.317. The van der Waals surface area contributed by atoms with E-state index in [1.165, 1.54) is 128 Å². The zero-order valence-electron chi connectivity index (χ0n) is 28.9. The van der Waals surface area contributed by atoms with Crippen LogP contribution in [0.5, 0.6) is 0 Å². The van der Waals surface area contributed by atoms with Crippen molar-refractivity contribution in [3.63, 3.8) is 0 Å². The van der Waals surface area contributed by atoms with Gasteiger partial charge in [0.1, 0.15) is 0 Å². The van der Waals surface area contributed by atoms with Crippen LogP contribution in [0.15, 0.2) is 30.3 Å². The maximum absolute atomic E-state index is 15.7. The Morgan fingerprint density at radius 2 is 0.667 bits per heavy atom. The normalized spacial score (nSPS) is 12.1. The van der Waals surface area contributed by atoms with Gasteiger partial charge in [-0.05, 0) is 37.8 Å². The van der Waals surface area contributed by atoms with Crippen molar-refractivity contribution in [3.8, 4) is 0 Å². The van der Waals surface area contributed by atoms with Crippen LogP contribution in [0.25, 0.3) is 0 Å². The summed E-state index contributed by atoms with van der Waals surface area (Å²) in [6.45, 7) is 13.0. The molecule has 0 heterocycles. The molecule has 1 rings (SSSR count). The predicted octanol–water partition coefficient (Wildman–Crippen LogP) is 12.6. The second-order valence-corrected chi connectivity index (χ2v) is 15.6. The number of benzene rings is 1. The highest BCUT2D eigenvalue weighted by Crippen LogP contribution is 2.53. The van der Waals surface area contributed by atoms with Crippen molar-refractivity contribution in [1.82, 2.24) is 9.34 Å². The van der Waals surface area contributed by atoms with Gasteiger partial charge in [-0.2, -0.15) is 0 Å². The van der Waals surface area contributed by atoms with Gasteiger partial charge in [0.25, 0.3) is 0 Å². The Kier molecular flexibility index (Phi) is 26.2. The van der Waals surface area contributed by atoms with Gasteiger partial charge in [-0.15, -0.1) is 0 Å². The lowest BCUT2D eigenvalue weighted by atomic mass is 10.1. The van der Waals surface area contributed by atoms with Crippen LogP contribution < -0.4 is 5.30 Å². The molecular weight excluding hydrogens is 531 g/mol. The van der Waals surface area contributed by atoms with Gasteiger partial charge >= 0.3 is 0 Å². The summed E-state index contributed by atoms with van der Waals surface area (Å²) in [6, 6.07) is 10.7. The fraction of sp³-hybridized carbons (Fsp3) is 0.842. The van der Waals surface area contributed by atoms with Crippen LogP contribution in [0.4, 0.5) is 0 Å². The zero-order chi connectivity index (χ0) is 30.6. The molecule has 0 fully saturated rings. The van der Waals surface area contributed by atoms with Crippen LogP contribution in [-0.4, -0.2) is 35.5 Å². The summed E-state index contributed by atoms with van der Waals surface area (Å²) >= 11 is 0. The minimum atomic E-state index is -2.87. The molecule has 0 saturated heterocycles. The monoisotopic (exact) mass is 605 g/mol. The van der Waals surface area contributed by atoms with Crippen molar-refractivity contribution < 1.29 is 4.57 Å². The highest BCUT2D eigenvalue weighted by atomic mass is 31.2. The van der Waals surface area contributed by atoms with Crippen molar-refractivity contribution in [1.29, 1.82) is 0 Å². The third kappa shape index (κ3) is 17.6. The van der Waals surface area contributed by atoms with E-state index in [0.29, 0.717) is 0 Å². The fourth-order valence-corrected chi connectivity index (χ4v) is 9.41. The van der Waals surface area contributed by atoms with Crippen LogP contribution >= 0.6 is 7.44 Å². The molecule has 0 bridgehead atoms. The van der Waals surface area contributed by atoms with Gasteiger partial charge in [0.05, 0.1) is 0 Å². The third-order valence-electron chi connectivity index (χ3n) is 8.94. The Labute approximate surface area is 264 Å². The third-order valence-corrected chi connectivity index (χ3v) is 12.2. The number of nitrogens with zero attached hydrogens (tertiary/aromatic N) is 2. The van der Waals surface area contributed by atoms with Crippen molar-refractivity contribution in [2.75, 3.05) is 26.2 Å². The molecular formula is C38H73N2OP. The molecule has 42 heavy (non-hydrogen) atoms. The van der Waals surface area contributed by atoms with E-state index in [4.69, 9.17) is 0 Å². The molecule has 0 amide bonds. The second kappa shape index (κ2) is 27.9.